The fourth-order valence-electron chi connectivity index (χ4n) is 1.67. The van der Waals surface area contributed by atoms with Crippen LogP contribution in [-0.2, 0) is 25.7 Å². The molecule has 0 unspecified atom stereocenters. The van der Waals surface area contributed by atoms with Crippen molar-refractivity contribution in [1.29, 1.82) is 0 Å². The fraction of sp³-hybridized carbons (Fsp3) is 0.235. The molecule has 7 heteroatoms. The van der Waals surface area contributed by atoms with Gasteiger partial charge in [0.15, 0.2) is 0 Å². The monoisotopic (exact) mass is 332 g/mol. The summed E-state index contributed by atoms with van der Waals surface area (Å²) in [5.74, 6) is -1.35. The van der Waals surface area contributed by atoms with Gasteiger partial charge < -0.3 is 14.8 Å². The van der Waals surface area contributed by atoms with Gasteiger partial charge in [0.2, 0.25) is 0 Å². The number of rotatable bonds is 6. The van der Waals surface area contributed by atoms with Crippen molar-refractivity contribution >= 4 is 18.0 Å². The molecule has 0 saturated heterocycles. The SMILES string of the molecule is C/C=C(\NC(=O)OCc1ccccc1)C(=O)N/C(=C\C)C(=O)OC. The van der Waals surface area contributed by atoms with Crippen molar-refractivity contribution in [2.75, 3.05) is 7.11 Å². The first-order valence-electron chi connectivity index (χ1n) is 7.21. The zero-order chi connectivity index (χ0) is 17.9. The lowest BCUT2D eigenvalue weighted by Crippen LogP contribution is -2.36. The van der Waals surface area contributed by atoms with E-state index in [0.29, 0.717) is 0 Å². The summed E-state index contributed by atoms with van der Waals surface area (Å²) in [5, 5.41) is 4.69. The van der Waals surface area contributed by atoms with E-state index in [1.54, 1.807) is 13.8 Å². The minimum Gasteiger partial charge on any atom is -0.464 e. The van der Waals surface area contributed by atoms with Crippen LogP contribution in [0.2, 0.25) is 0 Å². The lowest BCUT2D eigenvalue weighted by molar-refractivity contribution is -0.137. The molecule has 0 atom stereocenters. The summed E-state index contributed by atoms with van der Waals surface area (Å²) in [6, 6.07) is 9.13. The summed E-state index contributed by atoms with van der Waals surface area (Å²) in [7, 11) is 1.20. The molecule has 0 saturated carbocycles. The summed E-state index contributed by atoms with van der Waals surface area (Å²) < 4.78 is 9.57. The summed E-state index contributed by atoms with van der Waals surface area (Å²) in [5.41, 5.74) is 0.749. The molecule has 0 aliphatic rings. The average Bonchev–Trinajstić information content (AvgIpc) is 2.62. The maximum absolute atomic E-state index is 12.1. The van der Waals surface area contributed by atoms with Crippen LogP contribution in [0.15, 0.2) is 53.9 Å². The van der Waals surface area contributed by atoms with Gasteiger partial charge in [-0.15, -0.1) is 0 Å². The Balaban J connectivity index is 2.58. The number of amides is 2. The molecule has 0 spiro atoms. The number of nitrogens with one attached hydrogen (secondary N) is 2. The molecule has 0 aliphatic carbocycles. The highest BCUT2D eigenvalue weighted by Gasteiger charge is 2.17. The number of hydrogen-bond acceptors (Lipinski definition) is 5. The van der Waals surface area contributed by atoms with E-state index in [0.717, 1.165) is 5.56 Å². The molecule has 1 rings (SSSR count). The number of allylic oxidation sites excluding steroid dienone is 2. The van der Waals surface area contributed by atoms with Crippen LogP contribution in [0.25, 0.3) is 0 Å². The third-order valence-electron chi connectivity index (χ3n) is 2.92. The molecule has 1 aromatic carbocycles. The molecule has 7 nitrogen and oxygen atoms in total. The third-order valence-corrected chi connectivity index (χ3v) is 2.92. The van der Waals surface area contributed by atoms with Gasteiger partial charge in [-0.2, -0.15) is 0 Å². The number of benzene rings is 1. The lowest BCUT2D eigenvalue weighted by Gasteiger charge is -2.11. The number of carbonyl (C=O) groups excluding carboxylic acids is 3. The van der Waals surface area contributed by atoms with Crippen LogP contribution >= 0.6 is 0 Å². The van der Waals surface area contributed by atoms with Gasteiger partial charge in [-0.05, 0) is 19.4 Å². The van der Waals surface area contributed by atoms with Crippen LogP contribution in [0.3, 0.4) is 0 Å². The van der Waals surface area contributed by atoms with Gasteiger partial charge in [0.25, 0.3) is 5.91 Å². The van der Waals surface area contributed by atoms with Gasteiger partial charge in [-0.1, -0.05) is 42.5 Å². The molecule has 0 heterocycles. The van der Waals surface area contributed by atoms with Gasteiger partial charge in [-0.25, -0.2) is 9.59 Å². The quantitative estimate of drug-likeness (QED) is 0.614. The fourth-order valence-corrected chi connectivity index (χ4v) is 1.67. The van der Waals surface area contributed by atoms with Gasteiger partial charge in [-0.3, -0.25) is 10.1 Å². The Labute approximate surface area is 140 Å². The molecule has 0 aromatic heterocycles. The number of methoxy groups -OCH3 is 1. The molecule has 24 heavy (non-hydrogen) atoms. The molecule has 0 fully saturated rings. The summed E-state index contributed by atoms with van der Waals surface area (Å²) in [6.45, 7) is 3.22. The molecule has 2 amide bonds. The second-order valence-electron chi connectivity index (χ2n) is 4.54. The van der Waals surface area contributed by atoms with Gasteiger partial charge in [0.1, 0.15) is 18.0 Å². The summed E-state index contributed by atoms with van der Waals surface area (Å²) in [6.07, 6.45) is 2.01. The van der Waals surface area contributed by atoms with Gasteiger partial charge in [0, 0.05) is 0 Å². The Hall–Kier alpha value is -3.09. The molecule has 128 valence electrons. The van der Waals surface area contributed by atoms with Crippen molar-refractivity contribution in [2.45, 2.75) is 20.5 Å². The van der Waals surface area contributed by atoms with Crippen molar-refractivity contribution in [3.63, 3.8) is 0 Å². The molecule has 0 bridgehead atoms. The number of esters is 1. The van der Waals surface area contributed by atoms with Crippen molar-refractivity contribution in [3.8, 4) is 0 Å². The van der Waals surface area contributed by atoms with E-state index in [2.05, 4.69) is 15.4 Å². The molecular formula is C17H20N2O5. The van der Waals surface area contributed by atoms with Crippen LogP contribution in [0, 0.1) is 0 Å². The average molecular weight is 332 g/mol. The Morgan fingerprint density at radius 2 is 1.62 bits per heavy atom. The Morgan fingerprint density at radius 3 is 2.17 bits per heavy atom. The molecule has 1 aromatic rings. The van der Waals surface area contributed by atoms with E-state index in [9.17, 15) is 14.4 Å². The highest BCUT2D eigenvalue weighted by molar-refractivity contribution is 6.01. The van der Waals surface area contributed by atoms with Crippen LogP contribution in [-0.4, -0.2) is 25.1 Å². The first kappa shape index (κ1) is 19.0. The predicted molar refractivity (Wildman–Crippen MR) is 87.4 cm³/mol. The number of hydrogen-bond donors (Lipinski definition) is 2. The Morgan fingerprint density at radius 1 is 1.00 bits per heavy atom. The van der Waals surface area contributed by atoms with Gasteiger partial charge in [0.05, 0.1) is 7.11 Å². The first-order valence-corrected chi connectivity index (χ1v) is 7.21. The predicted octanol–water partition coefficient (Wildman–Crippen LogP) is 2.01. The number of carbonyl (C=O) groups is 3. The Kier molecular flexibility index (Phi) is 7.77. The van der Waals surface area contributed by atoms with Crippen molar-refractivity contribution in [1.82, 2.24) is 10.6 Å². The minimum absolute atomic E-state index is 0.0266. The van der Waals surface area contributed by atoms with Gasteiger partial charge >= 0.3 is 12.1 Å². The summed E-state index contributed by atoms with van der Waals surface area (Å²) in [4.78, 5) is 35.3. The third kappa shape index (κ3) is 5.96. The van der Waals surface area contributed by atoms with E-state index < -0.39 is 18.0 Å². The minimum atomic E-state index is -0.776. The van der Waals surface area contributed by atoms with Crippen LogP contribution in [0.1, 0.15) is 19.4 Å². The van der Waals surface area contributed by atoms with Crippen molar-refractivity contribution < 1.29 is 23.9 Å². The summed E-state index contributed by atoms with van der Waals surface area (Å²) >= 11 is 0. The highest BCUT2D eigenvalue weighted by Crippen LogP contribution is 2.02. The highest BCUT2D eigenvalue weighted by atomic mass is 16.5. The maximum Gasteiger partial charge on any atom is 0.412 e. The van der Waals surface area contributed by atoms with Crippen LogP contribution in [0.5, 0.6) is 0 Å². The molecule has 0 radical (unpaired) electrons. The zero-order valence-corrected chi connectivity index (χ0v) is 13.8. The number of ether oxygens (including phenoxy) is 2. The smallest absolute Gasteiger partial charge is 0.412 e. The van der Waals surface area contributed by atoms with Crippen LogP contribution in [0.4, 0.5) is 4.79 Å². The largest absolute Gasteiger partial charge is 0.464 e. The van der Waals surface area contributed by atoms with E-state index in [-0.39, 0.29) is 18.0 Å². The number of alkyl carbamates (subject to hydrolysis) is 1. The van der Waals surface area contributed by atoms with E-state index in [1.807, 2.05) is 30.3 Å². The maximum atomic E-state index is 12.1. The van der Waals surface area contributed by atoms with Crippen molar-refractivity contribution in [3.05, 3.63) is 59.4 Å². The van der Waals surface area contributed by atoms with E-state index in [1.165, 1.54) is 19.3 Å². The van der Waals surface area contributed by atoms with Crippen molar-refractivity contribution in [2.24, 2.45) is 0 Å². The lowest BCUT2D eigenvalue weighted by atomic mass is 10.2. The second-order valence-corrected chi connectivity index (χ2v) is 4.54. The van der Waals surface area contributed by atoms with E-state index >= 15 is 0 Å². The normalized spacial score (nSPS) is 11.5. The Bertz CT molecular complexity index is 650. The topological polar surface area (TPSA) is 93.7 Å². The zero-order valence-electron chi connectivity index (χ0n) is 13.8. The standard InChI is InChI=1S/C17H20N2O5/c1-4-13(15(20)18-14(5-2)16(21)23-3)19-17(22)24-11-12-9-7-6-8-10-12/h4-10H,11H2,1-3H3,(H,18,20)(H,19,22)/b13-4-,14-5-. The first-order chi connectivity index (χ1) is 11.5. The second kappa shape index (κ2) is 9.83. The molecular weight excluding hydrogens is 312 g/mol. The molecule has 2 N–H and O–H groups in total. The van der Waals surface area contributed by atoms with Crippen LogP contribution < -0.4 is 10.6 Å². The van der Waals surface area contributed by atoms with E-state index in [4.69, 9.17) is 4.74 Å². The molecule has 0 aliphatic heterocycles.